The number of hydrogen-bond donors (Lipinski definition) is 0. The second kappa shape index (κ2) is 2.90. The summed E-state index contributed by atoms with van der Waals surface area (Å²) >= 11 is 0. The van der Waals surface area contributed by atoms with Crippen LogP contribution in [0.15, 0.2) is 0 Å². The second-order valence-corrected chi connectivity index (χ2v) is 2.50. The predicted molar refractivity (Wildman–Crippen MR) is 35.6 cm³/mol. The van der Waals surface area contributed by atoms with E-state index in [1.165, 1.54) is 14.2 Å². The Labute approximate surface area is 64.5 Å². The third-order valence-electron chi connectivity index (χ3n) is 1.80. The minimum absolute atomic E-state index is 0.257. The fraction of sp³-hybridized carbons (Fsp3) is 0.714. The molecule has 0 radical (unpaired) electrons. The molecule has 0 saturated heterocycles. The molecule has 0 heterocycles. The lowest BCUT2D eigenvalue weighted by Crippen LogP contribution is -2.10. The Bertz CT molecular complexity index is 167. The standard InChI is InChI=1S/C7H10O4/c1-10-6(8)4-3-5(4)7(9)11-2/h4-5H,3H2,1-2H3/t4-,5-/m1/s1. The SMILES string of the molecule is COC(=O)[C@@H]1C[C@H]1C(=O)OC. The fourth-order valence-corrected chi connectivity index (χ4v) is 1.02. The molecule has 0 unspecified atom stereocenters. The van der Waals surface area contributed by atoms with E-state index in [1.54, 1.807) is 0 Å². The smallest absolute Gasteiger partial charge is 0.309 e. The Hall–Kier alpha value is -1.06. The molecule has 0 aromatic heterocycles. The van der Waals surface area contributed by atoms with Crippen molar-refractivity contribution in [1.29, 1.82) is 0 Å². The van der Waals surface area contributed by atoms with Gasteiger partial charge in [-0.3, -0.25) is 9.59 Å². The molecule has 0 N–H and O–H groups in total. The van der Waals surface area contributed by atoms with Gasteiger partial charge in [0.15, 0.2) is 0 Å². The molecule has 2 atom stereocenters. The van der Waals surface area contributed by atoms with Crippen molar-refractivity contribution in [3.63, 3.8) is 0 Å². The summed E-state index contributed by atoms with van der Waals surface area (Å²) in [5.74, 6) is -1.15. The van der Waals surface area contributed by atoms with Crippen molar-refractivity contribution < 1.29 is 19.1 Å². The van der Waals surface area contributed by atoms with Gasteiger partial charge in [-0.15, -0.1) is 0 Å². The van der Waals surface area contributed by atoms with Crippen LogP contribution in [-0.2, 0) is 19.1 Å². The molecule has 62 valence electrons. The van der Waals surface area contributed by atoms with Gasteiger partial charge in [-0.25, -0.2) is 0 Å². The van der Waals surface area contributed by atoms with E-state index in [-0.39, 0.29) is 23.8 Å². The number of hydrogen-bond acceptors (Lipinski definition) is 4. The molecule has 0 aliphatic heterocycles. The Morgan fingerprint density at radius 2 is 1.45 bits per heavy atom. The third-order valence-corrected chi connectivity index (χ3v) is 1.80. The van der Waals surface area contributed by atoms with Crippen molar-refractivity contribution in [2.24, 2.45) is 11.8 Å². The van der Waals surface area contributed by atoms with Gasteiger partial charge in [0.05, 0.1) is 26.1 Å². The zero-order valence-electron chi connectivity index (χ0n) is 6.49. The predicted octanol–water partition coefficient (Wildman–Crippen LogP) is -0.0315. The largest absolute Gasteiger partial charge is 0.469 e. The number of carbonyl (C=O) groups excluding carboxylic acids is 2. The van der Waals surface area contributed by atoms with Crippen LogP contribution in [0.4, 0.5) is 0 Å². The number of methoxy groups -OCH3 is 2. The molecule has 1 rings (SSSR count). The minimum Gasteiger partial charge on any atom is -0.469 e. The van der Waals surface area contributed by atoms with Gasteiger partial charge in [0.2, 0.25) is 0 Å². The van der Waals surface area contributed by atoms with Gasteiger partial charge >= 0.3 is 11.9 Å². The maximum Gasteiger partial charge on any atom is 0.309 e. The van der Waals surface area contributed by atoms with Crippen molar-refractivity contribution in [2.45, 2.75) is 6.42 Å². The van der Waals surface area contributed by atoms with Gasteiger partial charge < -0.3 is 9.47 Å². The topological polar surface area (TPSA) is 52.6 Å². The first kappa shape index (κ1) is 8.04. The van der Waals surface area contributed by atoms with Crippen molar-refractivity contribution in [3.8, 4) is 0 Å². The molecule has 4 heteroatoms. The Balaban J connectivity index is 2.37. The zero-order chi connectivity index (χ0) is 8.43. The van der Waals surface area contributed by atoms with Crippen molar-refractivity contribution >= 4 is 11.9 Å². The monoisotopic (exact) mass is 158 g/mol. The molecule has 0 bridgehead atoms. The van der Waals surface area contributed by atoms with E-state index in [4.69, 9.17) is 0 Å². The number of esters is 2. The normalized spacial score (nSPS) is 27.5. The minimum atomic E-state index is -0.319. The van der Waals surface area contributed by atoms with Gasteiger partial charge in [0, 0.05) is 0 Å². The Morgan fingerprint density at radius 3 is 1.73 bits per heavy atom. The molecule has 0 amide bonds. The number of carbonyl (C=O) groups is 2. The average molecular weight is 158 g/mol. The highest BCUT2D eigenvalue weighted by Crippen LogP contribution is 2.40. The van der Waals surface area contributed by atoms with Crippen LogP contribution >= 0.6 is 0 Å². The van der Waals surface area contributed by atoms with Gasteiger partial charge in [-0.1, -0.05) is 0 Å². The Morgan fingerprint density at radius 1 is 1.09 bits per heavy atom. The fourth-order valence-electron chi connectivity index (χ4n) is 1.02. The quantitative estimate of drug-likeness (QED) is 0.529. The lowest BCUT2D eigenvalue weighted by molar-refractivity contribution is -0.148. The molecule has 4 nitrogen and oxygen atoms in total. The molecule has 0 spiro atoms. The van der Waals surface area contributed by atoms with Crippen LogP contribution in [0.1, 0.15) is 6.42 Å². The van der Waals surface area contributed by atoms with E-state index in [2.05, 4.69) is 9.47 Å². The molecule has 11 heavy (non-hydrogen) atoms. The summed E-state index contributed by atoms with van der Waals surface area (Å²) in [6.07, 6.45) is 0.569. The molecule has 0 aromatic carbocycles. The summed E-state index contributed by atoms with van der Waals surface area (Å²) in [6, 6.07) is 0. The van der Waals surface area contributed by atoms with Crippen LogP contribution in [0.3, 0.4) is 0 Å². The van der Waals surface area contributed by atoms with Crippen LogP contribution in [0.5, 0.6) is 0 Å². The van der Waals surface area contributed by atoms with Crippen LogP contribution in [0, 0.1) is 11.8 Å². The summed E-state index contributed by atoms with van der Waals surface area (Å²) < 4.78 is 8.90. The maximum atomic E-state index is 10.8. The van der Waals surface area contributed by atoms with Gasteiger partial charge in [0.1, 0.15) is 0 Å². The molecular weight excluding hydrogens is 148 g/mol. The van der Waals surface area contributed by atoms with Crippen LogP contribution < -0.4 is 0 Å². The summed E-state index contributed by atoms with van der Waals surface area (Å²) in [7, 11) is 2.63. The van der Waals surface area contributed by atoms with Crippen molar-refractivity contribution in [2.75, 3.05) is 14.2 Å². The van der Waals surface area contributed by atoms with E-state index in [0.29, 0.717) is 6.42 Å². The number of rotatable bonds is 2. The van der Waals surface area contributed by atoms with Crippen molar-refractivity contribution in [3.05, 3.63) is 0 Å². The van der Waals surface area contributed by atoms with E-state index in [0.717, 1.165) is 0 Å². The molecule has 0 aromatic rings. The summed E-state index contributed by atoms with van der Waals surface area (Å²) in [5, 5.41) is 0. The second-order valence-electron chi connectivity index (χ2n) is 2.50. The van der Waals surface area contributed by atoms with Crippen LogP contribution in [-0.4, -0.2) is 26.2 Å². The van der Waals surface area contributed by atoms with E-state index in [9.17, 15) is 9.59 Å². The average Bonchev–Trinajstić information content (AvgIpc) is 2.80. The van der Waals surface area contributed by atoms with E-state index in [1.807, 2.05) is 0 Å². The maximum absolute atomic E-state index is 10.8. The van der Waals surface area contributed by atoms with Crippen LogP contribution in [0.2, 0.25) is 0 Å². The highest BCUT2D eigenvalue weighted by molar-refractivity contribution is 5.87. The first-order valence-corrected chi connectivity index (χ1v) is 3.36. The first-order chi connectivity index (χ1) is 5.20. The summed E-state index contributed by atoms with van der Waals surface area (Å²) in [4.78, 5) is 21.5. The van der Waals surface area contributed by atoms with E-state index < -0.39 is 0 Å². The van der Waals surface area contributed by atoms with E-state index >= 15 is 0 Å². The van der Waals surface area contributed by atoms with Gasteiger partial charge in [0.25, 0.3) is 0 Å². The summed E-state index contributed by atoms with van der Waals surface area (Å²) in [6.45, 7) is 0. The van der Waals surface area contributed by atoms with Crippen molar-refractivity contribution in [1.82, 2.24) is 0 Å². The molecule has 1 aliphatic carbocycles. The molecule has 1 fully saturated rings. The zero-order valence-corrected chi connectivity index (χ0v) is 6.49. The third kappa shape index (κ3) is 1.50. The Kier molecular flexibility index (Phi) is 2.12. The summed E-state index contributed by atoms with van der Waals surface area (Å²) in [5.41, 5.74) is 0. The molecule has 1 aliphatic rings. The highest BCUT2D eigenvalue weighted by atomic mass is 16.5. The lowest BCUT2D eigenvalue weighted by atomic mass is 10.3. The molecular formula is C7H10O4. The first-order valence-electron chi connectivity index (χ1n) is 3.36. The van der Waals surface area contributed by atoms with Crippen LogP contribution in [0.25, 0.3) is 0 Å². The lowest BCUT2D eigenvalue weighted by Gasteiger charge is -1.96. The number of ether oxygens (including phenoxy) is 2. The molecule has 1 saturated carbocycles. The van der Waals surface area contributed by atoms with Gasteiger partial charge in [-0.05, 0) is 6.42 Å². The highest BCUT2D eigenvalue weighted by Gasteiger charge is 2.49. The van der Waals surface area contributed by atoms with Gasteiger partial charge in [-0.2, -0.15) is 0 Å².